The van der Waals surface area contributed by atoms with Crippen molar-refractivity contribution >= 4 is 23.6 Å². The number of nitrogens with two attached hydrogens (primary N) is 1. The summed E-state index contributed by atoms with van der Waals surface area (Å²) in [6, 6.07) is -1.06. The normalized spacial score (nSPS) is 12.1. The number of nitrogens with one attached hydrogen (secondary N) is 1. The maximum Gasteiger partial charge on any atom is 0.320 e. The second-order valence-corrected chi connectivity index (χ2v) is 6.68. The molecule has 0 rings (SSSR count). The molecule has 1 atom stereocenters. The lowest BCUT2D eigenvalue weighted by Gasteiger charge is -2.25. The second-order valence-electron chi connectivity index (χ2n) is 6.68. The molecular formula is C17H31N3O5. The SMILES string of the molecule is CC(C)C(=O)CCN(CCNC(=O)CC[C@H](N)C(=O)O)C(=O)C(C)C. The van der Waals surface area contributed by atoms with Gasteiger partial charge in [0.1, 0.15) is 11.8 Å². The lowest BCUT2D eigenvalue weighted by molar-refractivity contribution is -0.139. The van der Waals surface area contributed by atoms with Crippen molar-refractivity contribution < 1.29 is 24.3 Å². The molecule has 8 nitrogen and oxygen atoms in total. The Kier molecular flexibility index (Phi) is 10.7. The number of carboxylic acids is 1. The van der Waals surface area contributed by atoms with Gasteiger partial charge in [0.25, 0.3) is 0 Å². The Morgan fingerprint density at radius 3 is 2.08 bits per heavy atom. The Hall–Kier alpha value is -1.96. The zero-order valence-corrected chi connectivity index (χ0v) is 15.6. The minimum atomic E-state index is -1.14. The van der Waals surface area contributed by atoms with E-state index in [0.717, 1.165) is 0 Å². The molecule has 0 aromatic carbocycles. The van der Waals surface area contributed by atoms with E-state index in [1.54, 1.807) is 18.7 Å². The fourth-order valence-electron chi connectivity index (χ4n) is 2.06. The molecule has 25 heavy (non-hydrogen) atoms. The van der Waals surface area contributed by atoms with Gasteiger partial charge in [0.2, 0.25) is 11.8 Å². The molecule has 0 spiro atoms. The molecule has 0 saturated heterocycles. The van der Waals surface area contributed by atoms with Gasteiger partial charge in [-0.2, -0.15) is 0 Å². The van der Waals surface area contributed by atoms with Gasteiger partial charge in [0.05, 0.1) is 0 Å². The van der Waals surface area contributed by atoms with Crippen LogP contribution in [0.4, 0.5) is 0 Å². The molecule has 4 N–H and O–H groups in total. The minimum Gasteiger partial charge on any atom is -0.480 e. The second kappa shape index (κ2) is 11.6. The van der Waals surface area contributed by atoms with E-state index in [1.807, 2.05) is 13.8 Å². The molecule has 0 unspecified atom stereocenters. The van der Waals surface area contributed by atoms with Gasteiger partial charge in [-0.15, -0.1) is 0 Å². The number of carboxylic acid groups (broad SMARTS) is 1. The van der Waals surface area contributed by atoms with Crippen LogP contribution in [0.15, 0.2) is 0 Å². The zero-order valence-electron chi connectivity index (χ0n) is 15.6. The molecule has 0 saturated carbocycles. The van der Waals surface area contributed by atoms with Crippen molar-refractivity contribution in [3.05, 3.63) is 0 Å². The van der Waals surface area contributed by atoms with Crippen LogP contribution in [0.3, 0.4) is 0 Å². The molecule has 0 aliphatic carbocycles. The van der Waals surface area contributed by atoms with Crippen LogP contribution in [0, 0.1) is 11.8 Å². The number of Topliss-reactive ketones (excluding diaryl/α,β-unsaturated/α-hetero) is 1. The van der Waals surface area contributed by atoms with Gasteiger partial charge < -0.3 is 21.1 Å². The van der Waals surface area contributed by atoms with Gasteiger partial charge in [-0.25, -0.2) is 0 Å². The van der Waals surface area contributed by atoms with Gasteiger partial charge in [-0.1, -0.05) is 27.7 Å². The number of aliphatic carboxylic acids is 1. The van der Waals surface area contributed by atoms with Gasteiger partial charge in [-0.05, 0) is 6.42 Å². The number of hydrogen-bond donors (Lipinski definition) is 3. The van der Waals surface area contributed by atoms with Crippen LogP contribution in [-0.4, -0.2) is 59.2 Å². The Bertz CT molecular complexity index is 477. The van der Waals surface area contributed by atoms with E-state index >= 15 is 0 Å². The summed E-state index contributed by atoms with van der Waals surface area (Å²) in [5.74, 6) is -1.71. The fraction of sp³-hybridized carbons (Fsp3) is 0.765. The highest BCUT2D eigenvalue weighted by molar-refractivity contribution is 5.82. The number of nitrogens with zero attached hydrogens (tertiary/aromatic N) is 1. The first-order valence-corrected chi connectivity index (χ1v) is 8.62. The van der Waals surface area contributed by atoms with Gasteiger partial charge >= 0.3 is 5.97 Å². The quantitative estimate of drug-likeness (QED) is 0.463. The van der Waals surface area contributed by atoms with E-state index in [0.29, 0.717) is 13.1 Å². The summed E-state index contributed by atoms with van der Waals surface area (Å²) in [4.78, 5) is 47.8. The zero-order chi connectivity index (χ0) is 19.6. The smallest absolute Gasteiger partial charge is 0.320 e. The Balaban J connectivity index is 4.38. The van der Waals surface area contributed by atoms with Crippen LogP contribution in [-0.2, 0) is 19.2 Å². The largest absolute Gasteiger partial charge is 0.480 e. The van der Waals surface area contributed by atoms with E-state index in [9.17, 15) is 19.2 Å². The first-order chi connectivity index (χ1) is 11.6. The summed E-state index contributed by atoms with van der Waals surface area (Å²) in [6.45, 7) is 8.08. The topological polar surface area (TPSA) is 130 Å². The molecule has 0 fully saturated rings. The summed E-state index contributed by atoms with van der Waals surface area (Å²) >= 11 is 0. The van der Waals surface area contributed by atoms with Crippen molar-refractivity contribution in [3.63, 3.8) is 0 Å². The molecule has 8 heteroatoms. The van der Waals surface area contributed by atoms with Crippen LogP contribution < -0.4 is 11.1 Å². The van der Waals surface area contributed by atoms with Crippen molar-refractivity contribution in [2.75, 3.05) is 19.6 Å². The third kappa shape index (κ3) is 9.81. The molecule has 2 amide bonds. The van der Waals surface area contributed by atoms with Crippen LogP contribution in [0.2, 0.25) is 0 Å². The summed E-state index contributed by atoms with van der Waals surface area (Å²) in [6.07, 6.45) is 0.355. The van der Waals surface area contributed by atoms with Gasteiger partial charge in [0, 0.05) is 44.3 Å². The molecule has 0 radical (unpaired) electrons. The highest BCUT2D eigenvalue weighted by atomic mass is 16.4. The van der Waals surface area contributed by atoms with E-state index in [2.05, 4.69) is 5.32 Å². The van der Waals surface area contributed by atoms with E-state index < -0.39 is 12.0 Å². The number of rotatable bonds is 12. The van der Waals surface area contributed by atoms with Crippen molar-refractivity contribution in [1.82, 2.24) is 10.2 Å². The van der Waals surface area contributed by atoms with E-state index in [-0.39, 0.29) is 55.2 Å². The lowest BCUT2D eigenvalue weighted by Crippen LogP contribution is -2.42. The predicted octanol–water partition coefficient (Wildman–Crippen LogP) is 0.395. The third-order valence-corrected chi connectivity index (χ3v) is 3.78. The Morgan fingerprint density at radius 1 is 1.00 bits per heavy atom. The molecule has 0 aliphatic rings. The Morgan fingerprint density at radius 2 is 1.60 bits per heavy atom. The summed E-state index contributed by atoms with van der Waals surface area (Å²) in [5, 5.41) is 11.3. The number of hydrogen-bond acceptors (Lipinski definition) is 5. The monoisotopic (exact) mass is 357 g/mol. The molecule has 0 aromatic rings. The maximum atomic E-state index is 12.2. The van der Waals surface area contributed by atoms with Crippen molar-refractivity contribution in [3.8, 4) is 0 Å². The number of carbonyl (C=O) groups excluding carboxylic acids is 3. The van der Waals surface area contributed by atoms with Crippen molar-refractivity contribution in [2.45, 2.75) is 53.0 Å². The van der Waals surface area contributed by atoms with Crippen molar-refractivity contribution in [1.29, 1.82) is 0 Å². The molecule has 0 heterocycles. The maximum absolute atomic E-state index is 12.2. The molecule has 0 aliphatic heterocycles. The minimum absolute atomic E-state index is 0.0113. The summed E-state index contributed by atoms with van der Waals surface area (Å²) < 4.78 is 0. The highest BCUT2D eigenvalue weighted by Crippen LogP contribution is 2.05. The van der Waals surface area contributed by atoms with Crippen LogP contribution in [0.25, 0.3) is 0 Å². The fourth-order valence-corrected chi connectivity index (χ4v) is 2.06. The molecule has 144 valence electrons. The average Bonchev–Trinajstić information content (AvgIpc) is 2.54. The average molecular weight is 357 g/mol. The van der Waals surface area contributed by atoms with E-state index in [4.69, 9.17) is 10.8 Å². The van der Waals surface area contributed by atoms with E-state index in [1.165, 1.54) is 0 Å². The number of ketones is 1. The molecule has 0 bridgehead atoms. The van der Waals surface area contributed by atoms with Crippen LogP contribution in [0.1, 0.15) is 47.0 Å². The van der Waals surface area contributed by atoms with Crippen LogP contribution >= 0.6 is 0 Å². The third-order valence-electron chi connectivity index (χ3n) is 3.78. The summed E-state index contributed by atoms with van der Waals surface area (Å²) in [5.41, 5.74) is 5.34. The number of amides is 2. The predicted molar refractivity (Wildman–Crippen MR) is 93.7 cm³/mol. The van der Waals surface area contributed by atoms with Crippen molar-refractivity contribution in [2.24, 2.45) is 17.6 Å². The Labute approximate surface area is 149 Å². The van der Waals surface area contributed by atoms with Crippen LogP contribution in [0.5, 0.6) is 0 Å². The van der Waals surface area contributed by atoms with Gasteiger partial charge in [0.15, 0.2) is 0 Å². The molecule has 0 aromatic heterocycles. The lowest BCUT2D eigenvalue weighted by atomic mass is 10.1. The summed E-state index contributed by atoms with van der Waals surface area (Å²) in [7, 11) is 0. The molecular weight excluding hydrogens is 326 g/mol. The first kappa shape index (κ1) is 23.0. The highest BCUT2D eigenvalue weighted by Gasteiger charge is 2.19. The number of carbonyl (C=O) groups is 4. The first-order valence-electron chi connectivity index (χ1n) is 8.62. The standard InChI is InChI=1S/C17H31N3O5/c1-11(2)14(21)7-9-20(16(23)12(3)4)10-8-19-15(22)6-5-13(18)17(24)25/h11-13H,5-10,18H2,1-4H3,(H,19,22)(H,24,25)/t13-/m0/s1. The van der Waals surface area contributed by atoms with Gasteiger partial charge in [-0.3, -0.25) is 19.2 Å².